The van der Waals surface area contributed by atoms with E-state index in [1.54, 1.807) is 0 Å². The lowest BCUT2D eigenvalue weighted by atomic mass is 10.2. The Kier molecular flexibility index (Phi) is 2.27. The molecule has 1 aliphatic heterocycles. The van der Waals surface area contributed by atoms with Gasteiger partial charge in [-0.05, 0) is 0 Å². The molecule has 6 nitrogen and oxygen atoms in total. The fourth-order valence-electron chi connectivity index (χ4n) is 0.890. The van der Waals surface area contributed by atoms with Gasteiger partial charge in [-0.15, -0.1) is 0 Å². The van der Waals surface area contributed by atoms with Gasteiger partial charge in [-0.25, -0.2) is 4.79 Å². The predicted molar refractivity (Wildman–Crippen MR) is 39.1 cm³/mol. The van der Waals surface area contributed by atoms with Crippen molar-refractivity contribution in [2.45, 2.75) is 12.5 Å². The van der Waals surface area contributed by atoms with E-state index in [4.69, 9.17) is 0 Å². The molecule has 0 saturated carbocycles. The maximum atomic E-state index is 10.9. The minimum atomic E-state index is -0.725. The Morgan fingerprint density at radius 2 is 2.25 bits per heavy atom. The molecule has 4 amide bonds. The number of nitrogens with one attached hydrogen (secondary N) is 3. The summed E-state index contributed by atoms with van der Waals surface area (Å²) in [6.07, 6.45) is -0.0198. The second kappa shape index (κ2) is 3.21. The summed E-state index contributed by atoms with van der Waals surface area (Å²) < 4.78 is 0. The summed E-state index contributed by atoms with van der Waals surface area (Å²) in [6.45, 7) is 0. The average Bonchev–Trinajstić information content (AvgIpc) is 2.30. The third-order valence-corrected chi connectivity index (χ3v) is 1.53. The summed E-state index contributed by atoms with van der Waals surface area (Å²) in [5.74, 6) is -0.735. The van der Waals surface area contributed by atoms with Crippen LogP contribution in [0.2, 0.25) is 0 Å². The van der Waals surface area contributed by atoms with Gasteiger partial charge in [0, 0.05) is 7.05 Å². The first-order valence-corrected chi connectivity index (χ1v) is 3.45. The van der Waals surface area contributed by atoms with Crippen LogP contribution in [0.15, 0.2) is 0 Å². The summed E-state index contributed by atoms with van der Waals surface area (Å²) >= 11 is 0. The highest BCUT2D eigenvalue weighted by Gasteiger charge is 2.30. The molecule has 1 saturated heterocycles. The molecule has 0 aromatic carbocycles. The van der Waals surface area contributed by atoms with Gasteiger partial charge in [0.15, 0.2) is 0 Å². The summed E-state index contributed by atoms with van der Waals surface area (Å²) in [6, 6.07) is -1.27. The van der Waals surface area contributed by atoms with Crippen LogP contribution < -0.4 is 16.0 Å². The lowest BCUT2D eigenvalue weighted by Gasteiger charge is -2.04. The third kappa shape index (κ3) is 1.71. The molecule has 3 N–H and O–H groups in total. The van der Waals surface area contributed by atoms with E-state index >= 15 is 0 Å². The first-order chi connectivity index (χ1) is 5.63. The Bertz CT molecular complexity index is 238. The van der Waals surface area contributed by atoms with Crippen molar-refractivity contribution in [3.63, 3.8) is 0 Å². The SMILES string of the molecule is CNC(=O)CC1NC(=O)NC1=O. The monoisotopic (exact) mass is 171 g/mol. The van der Waals surface area contributed by atoms with Gasteiger partial charge in [0.25, 0.3) is 5.91 Å². The van der Waals surface area contributed by atoms with Crippen molar-refractivity contribution < 1.29 is 14.4 Å². The zero-order chi connectivity index (χ0) is 9.14. The number of hydrogen-bond acceptors (Lipinski definition) is 3. The normalized spacial score (nSPS) is 21.6. The molecule has 0 aromatic rings. The third-order valence-electron chi connectivity index (χ3n) is 1.53. The Morgan fingerprint density at radius 3 is 2.67 bits per heavy atom. The van der Waals surface area contributed by atoms with Crippen LogP contribution in [-0.2, 0) is 9.59 Å². The second-order valence-corrected chi connectivity index (χ2v) is 2.39. The minimum absolute atomic E-state index is 0.0198. The molecule has 0 aliphatic carbocycles. The van der Waals surface area contributed by atoms with Gasteiger partial charge in [-0.3, -0.25) is 14.9 Å². The molecule has 1 heterocycles. The molecule has 66 valence electrons. The highest BCUT2D eigenvalue weighted by molar-refractivity contribution is 6.05. The zero-order valence-electron chi connectivity index (χ0n) is 6.51. The maximum Gasteiger partial charge on any atom is 0.322 e. The largest absolute Gasteiger partial charge is 0.359 e. The van der Waals surface area contributed by atoms with E-state index in [0.29, 0.717) is 0 Å². The molecule has 1 aliphatic rings. The standard InChI is InChI=1S/C6H9N3O3/c1-7-4(10)2-3-5(11)9-6(12)8-3/h3H,2H2,1H3,(H,7,10)(H2,8,9,11,12). The number of urea groups is 1. The van der Waals surface area contributed by atoms with Gasteiger partial charge < -0.3 is 10.6 Å². The summed E-state index contributed by atoms with van der Waals surface area (Å²) in [5, 5.41) is 6.69. The number of rotatable bonds is 2. The van der Waals surface area contributed by atoms with Crippen LogP contribution in [0.3, 0.4) is 0 Å². The molecule has 0 bridgehead atoms. The van der Waals surface area contributed by atoms with Crippen LogP contribution in [0.5, 0.6) is 0 Å². The summed E-state index contributed by atoms with van der Waals surface area (Å²) in [5.41, 5.74) is 0. The average molecular weight is 171 g/mol. The van der Waals surface area contributed by atoms with Crippen LogP contribution in [0.25, 0.3) is 0 Å². The molecule has 1 rings (SSSR count). The topological polar surface area (TPSA) is 87.3 Å². The molecule has 0 radical (unpaired) electrons. The lowest BCUT2D eigenvalue weighted by molar-refractivity contribution is -0.126. The number of carbonyl (C=O) groups is 3. The van der Waals surface area contributed by atoms with Crippen molar-refractivity contribution in [1.82, 2.24) is 16.0 Å². The summed E-state index contributed by atoms with van der Waals surface area (Å²) in [7, 11) is 1.47. The summed E-state index contributed by atoms with van der Waals surface area (Å²) in [4.78, 5) is 32.2. The number of amides is 4. The van der Waals surface area contributed by atoms with Gasteiger partial charge in [0.2, 0.25) is 5.91 Å². The van der Waals surface area contributed by atoms with E-state index in [1.165, 1.54) is 7.05 Å². The Hall–Kier alpha value is -1.59. The Morgan fingerprint density at radius 1 is 1.58 bits per heavy atom. The molecule has 1 atom stereocenters. The number of imide groups is 1. The van der Waals surface area contributed by atoms with E-state index in [1.807, 2.05) is 5.32 Å². The molecule has 12 heavy (non-hydrogen) atoms. The second-order valence-electron chi connectivity index (χ2n) is 2.39. The molecule has 0 spiro atoms. The van der Waals surface area contributed by atoms with Crippen molar-refractivity contribution in [1.29, 1.82) is 0 Å². The first kappa shape index (κ1) is 8.51. The van der Waals surface area contributed by atoms with E-state index < -0.39 is 18.0 Å². The molecule has 0 aromatic heterocycles. The number of carbonyl (C=O) groups excluding carboxylic acids is 3. The van der Waals surface area contributed by atoms with Crippen LogP contribution in [0.1, 0.15) is 6.42 Å². The van der Waals surface area contributed by atoms with Crippen molar-refractivity contribution in [3.05, 3.63) is 0 Å². The van der Waals surface area contributed by atoms with Crippen LogP contribution in [0, 0.1) is 0 Å². The molecule has 1 unspecified atom stereocenters. The molecule has 6 heteroatoms. The Balaban J connectivity index is 2.48. The zero-order valence-corrected chi connectivity index (χ0v) is 6.51. The van der Waals surface area contributed by atoms with E-state index in [-0.39, 0.29) is 12.3 Å². The van der Waals surface area contributed by atoms with Gasteiger partial charge in [0.05, 0.1) is 6.42 Å². The quantitative estimate of drug-likeness (QED) is 0.434. The minimum Gasteiger partial charge on any atom is -0.359 e. The van der Waals surface area contributed by atoms with Crippen molar-refractivity contribution in [3.8, 4) is 0 Å². The maximum absolute atomic E-state index is 10.9. The van der Waals surface area contributed by atoms with Gasteiger partial charge in [-0.1, -0.05) is 0 Å². The smallest absolute Gasteiger partial charge is 0.322 e. The van der Waals surface area contributed by atoms with E-state index in [0.717, 1.165) is 0 Å². The van der Waals surface area contributed by atoms with E-state index in [9.17, 15) is 14.4 Å². The first-order valence-electron chi connectivity index (χ1n) is 3.45. The van der Waals surface area contributed by atoms with Crippen molar-refractivity contribution >= 4 is 17.8 Å². The van der Waals surface area contributed by atoms with Gasteiger partial charge >= 0.3 is 6.03 Å². The van der Waals surface area contributed by atoms with Crippen LogP contribution in [-0.4, -0.2) is 30.9 Å². The van der Waals surface area contributed by atoms with Gasteiger partial charge in [-0.2, -0.15) is 0 Å². The fraction of sp³-hybridized carbons (Fsp3) is 0.500. The molecular formula is C6H9N3O3. The highest BCUT2D eigenvalue weighted by atomic mass is 16.2. The van der Waals surface area contributed by atoms with Crippen molar-refractivity contribution in [2.75, 3.05) is 7.05 Å². The molecule has 1 fully saturated rings. The number of hydrogen-bond donors (Lipinski definition) is 3. The van der Waals surface area contributed by atoms with Crippen molar-refractivity contribution in [2.24, 2.45) is 0 Å². The van der Waals surface area contributed by atoms with Crippen LogP contribution >= 0.6 is 0 Å². The lowest BCUT2D eigenvalue weighted by Crippen LogP contribution is -2.34. The highest BCUT2D eigenvalue weighted by Crippen LogP contribution is 1.97. The molecular weight excluding hydrogens is 162 g/mol. The Labute approximate surface area is 68.7 Å². The van der Waals surface area contributed by atoms with E-state index in [2.05, 4.69) is 10.6 Å². The predicted octanol–water partition coefficient (Wildman–Crippen LogP) is -1.67. The van der Waals surface area contributed by atoms with Gasteiger partial charge in [0.1, 0.15) is 6.04 Å². The fourth-order valence-corrected chi connectivity index (χ4v) is 0.890. The van der Waals surface area contributed by atoms with Crippen LogP contribution in [0.4, 0.5) is 4.79 Å².